The molecule has 0 spiro atoms. The fourth-order valence-corrected chi connectivity index (χ4v) is 3.20. The molecule has 1 fully saturated rings. The molecule has 0 saturated carbocycles. The first kappa shape index (κ1) is 12.5. The van der Waals surface area contributed by atoms with Crippen molar-refractivity contribution in [3.05, 3.63) is 16.1 Å². The van der Waals surface area contributed by atoms with Crippen molar-refractivity contribution < 1.29 is 0 Å². The van der Waals surface area contributed by atoms with Crippen molar-refractivity contribution in [2.24, 2.45) is 0 Å². The van der Waals surface area contributed by atoms with Gasteiger partial charge in [0, 0.05) is 30.1 Å². The zero-order chi connectivity index (χ0) is 12.1. The number of likely N-dealkylation sites (tertiary alicyclic amines) is 1. The zero-order valence-electron chi connectivity index (χ0n) is 10.4. The average Bonchev–Trinajstić information content (AvgIpc) is 2.76. The van der Waals surface area contributed by atoms with Crippen LogP contribution in [0.1, 0.15) is 36.1 Å². The molecule has 1 atom stereocenters. The van der Waals surface area contributed by atoms with Gasteiger partial charge in [-0.1, -0.05) is 6.42 Å². The molecule has 1 saturated heterocycles. The van der Waals surface area contributed by atoms with Crippen molar-refractivity contribution in [2.45, 2.75) is 45.1 Å². The molecule has 17 heavy (non-hydrogen) atoms. The molecule has 1 aromatic rings. The summed E-state index contributed by atoms with van der Waals surface area (Å²) in [5.41, 5.74) is 0. The van der Waals surface area contributed by atoms with Gasteiger partial charge in [0.2, 0.25) is 0 Å². The van der Waals surface area contributed by atoms with Crippen LogP contribution >= 0.6 is 11.3 Å². The lowest BCUT2D eigenvalue weighted by Crippen LogP contribution is -2.38. The zero-order valence-corrected chi connectivity index (χ0v) is 11.2. The van der Waals surface area contributed by atoms with Gasteiger partial charge in [-0.15, -0.1) is 11.3 Å². The summed E-state index contributed by atoms with van der Waals surface area (Å²) >= 11 is 1.69. The molecule has 0 bridgehead atoms. The fraction of sp³-hybridized carbons (Fsp3) is 0.692. The van der Waals surface area contributed by atoms with Gasteiger partial charge in [0.15, 0.2) is 0 Å². The molecule has 0 amide bonds. The van der Waals surface area contributed by atoms with E-state index in [1.807, 2.05) is 6.20 Å². The normalized spacial score (nSPS) is 21.3. The first-order valence-corrected chi connectivity index (χ1v) is 7.16. The van der Waals surface area contributed by atoms with Crippen molar-refractivity contribution in [1.29, 1.82) is 5.26 Å². The van der Waals surface area contributed by atoms with Crippen molar-refractivity contribution in [3.8, 4) is 6.07 Å². The highest BCUT2D eigenvalue weighted by Gasteiger charge is 2.17. The number of hydrogen-bond acceptors (Lipinski definition) is 4. The first-order chi connectivity index (χ1) is 8.29. The van der Waals surface area contributed by atoms with Crippen LogP contribution in [0.25, 0.3) is 0 Å². The lowest BCUT2D eigenvalue weighted by Gasteiger charge is -2.32. The third kappa shape index (κ3) is 3.52. The molecule has 0 N–H and O–H groups in total. The Morgan fingerprint density at radius 3 is 3.24 bits per heavy atom. The monoisotopic (exact) mass is 249 g/mol. The lowest BCUT2D eigenvalue weighted by atomic mass is 10.0. The summed E-state index contributed by atoms with van der Waals surface area (Å²) in [5, 5.41) is 9.79. The second-order valence-electron chi connectivity index (χ2n) is 4.69. The van der Waals surface area contributed by atoms with Gasteiger partial charge in [0.1, 0.15) is 0 Å². The Hall–Kier alpha value is -0.920. The summed E-state index contributed by atoms with van der Waals surface area (Å²) in [5.74, 6) is 0. The van der Waals surface area contributed by atoms with E-state index < -0.39 is 0 Å². The average molecular weight is 249 g/mol. The van der Waals surface area contributed by atoms with Crippen LogP contribution in [0, 0.1) is 11.3 Å². The standard InChI is InChI=1S/C13H19N3S/c1-11-4-2-3-8-16(11)9-6-13-15-10-12(17-13)5-7-14/h10-11H,2-6,8-9H2,1H3. The Balaban J connectivity index is 1.82. The quantitative estimate of drug-likeness (QED) is 0.823. The minimum atomic E-state index is 0.498. The molecule has 2 rings (SSSR count). The Bertz CT molecular complexity index is 394. The van der Waals surface area contributed by atoms with Gasteiger partial charge in [-0.2, -0.15) is 5.26 Å². The van der Waals surface area contributed by atoms with Gasteiger partial charge in [-0.05, 0) is 26.3 Å². The summed E-state index contributed by atoms with van der Waals surface area (Å²) < 4.78 is 0. The molecule has 92 valence electrons. The summed E-state index contributed by atoms with van der Waals surface area (Å²) in [4.78, 5) is 8.04. The van der Waals surface area contributed by atoms with Gasteiger partial charge in [0.25, 0.3) is 0 Å². The fourth-order valence-electron chi connectivity index (χ4n) is 2.35. The molecular weight excluding hydrogens is 230 g/mol. The van der Waals surface area contributed by atoms with E-state index in [0.717, 1.165) is 23.9 Å². The molecule has 1 aliphatic heterocycles. The van der Waals surface area contributed by atoms with E-state index >= 15 is 0 Å². The Morgan fingerprint density at radius 1 is 1.59 bits per heavy atom. The SMILES string of the molecule is CC1CCCCN1CCc1ncc(CC#N)s1. The highest BCUT2D eigenvalue weighted by Crippen LogP contribution is 2.18. The largest absolute Gasteiger partial charge is 0.300 e. The maximum Gasteiger partial charge on any atom is 0.0940 e. The van der Waals surface area contributed by atoms with Crippen LogP contribution in [-0.4, -0.2) is 29.0 Å². The van der Waals surface area contributed by atoms with Crippen molar-refractivity contribution in [2.75, 3.05) is 13.1 Å². The Morgan fingerprint density at radius 2 is 2.47 bits per heavy atom. The first-order valence-electron chi connectivity index (χ1n) is 6.34. The van der Waals surface area contributed by atoms with Crippen LogP contribution in [0.3, 0.4) is 0 Å². The Kier molecular flexibility index (Phi) is 4.52. The second kappa shape index (κ2) is 6.13. The molecule has 1 aromatic heterocycles. The van der Waals surface area contributed by atoms with E-state index in [1.165, 1.54) is 30.8 Å². The van der Waals surface area contributed by atoms with Crippen LogP contribution < -0.4 is 0 Å². The topological polar surface area (TPSA) is 39.9 Å². The van der Waals surface area contributed by atoms with Crippen LogP contribution in [0.2, 0.25) is 0 Å². The number of hydrogen-bond donors (Lipinski definition) is 0. The summed E-state index contributed by atoms with van der Waals surface area (Å²) in [6.45, 7) is 4.67. The van der Waals surface area contributed by atoms with Crippen LogP contribution in [0.5, 0.6) is 0 Å². The van der Waals surface area contributed by atoms with E-state index in [-0.39, 0.29) is 0 Å². The van der Waals surface area contributed by atoms with Gasteiger partial charge in [0.05, 0.1) is 17.5 Å². The second-order valence-corrected chi connectivity index (χ2v) is 5.89. The van der Waals surface area contributed by atoms with Gasteiger partial charge in [-0.3, -0.25) is 0 Å². The predicted octanol–water partition coefficient (Wildman–Crippen LogP) is 2.63. The van der Waals surface area contributed by atoms with Crippen LogP contribution in [-0.2, 0) is 12.8 Å². The highest BCUT2D eigenvalue weighted by molar-refractivity contribution is 7.11. The molecule has 0 radical (unpaired) electrons. The maximum atomic E-state index is 8.62. The summed E-state index contributed by atoms with van der Waals surface area (Å²) in [6.07, 6.45) is 7.42. The molecule has 3 nitrogen and oxygen atoms in total. The van der Waals surface area contributed by atoms with Gasteiger partial charge in [-0.25, -0.2) is 4.98 Å². The summed E-state index contributed by atoms with van der Waals surface area (Å²) in [7, 11) is 0. The molecule has 1 aliphatic rings. The summed E-state index contributed by atoms with van der Waals surface area (Å²) in [6, 6.07) is 2.89. The van der Waals surface area contributed by atoms with Gasteiger partial charge >= 0.3 is 0 Å². The van der Waals surface area contributed by atoms with Crippen molar-refractivity contribution in [3.63, 3.8) is 0 Å². The van der Waals surface area contributed by atoms with Crippen LogP contribution in [0.4, 0.5) is 0 Å². The highest BCUT2D eigenvalue weighted by atomic mass is 32.1. The molecule has 1 unspecified atom stereocenters. The minimum Gasteiger partial charge on any atom is -0.300 e. The third-order valence-electron chi connectivity index (χ3n) is 3.41. The maximum absolute atomic E-state index is 8.62. The van der Waals surface area contributed by atoms with E-state index in [4.69, 9.17) is 5.26 Å². The van der Waals surface area contributed by atoms with E-state index in [9.17, 15) is 0 Å². The molecular formula is C13H19N3S. The Labute approximate surface area is 107 Å². The smallest absolute Gasteiger partial charge is 0.0940 e. The number of aromatic nitrogens is 1. The lowest BCUT2D eigenvalue weighted by molar-refractivity contribution is 0.163. The number of nitriles is 1. The van der Waals surface area contributed by atoms with Crippen molar-refractivity contribution in [1.82, 2.24) is 9.88 Å². The van der Waals surface area contributed by atoms with Crippen molar-refractivity contribution >= 4 is 11.3 Å². The third-order valence-corrected chi connectivity index (χ3v) is 4.47. The van der Waals surface area contributed by atoms with E-state index in [2.05, 4.69) is 22.9 Å². The molecule has 4 heteroatoms. The van der Waals surface area contributed by atoms with E-state index in [1.54, 1.807) is 11.3 Å². The predicted molar refractivity (Wildman–Crippen MR) is 70.0 cm³/mol. The minimum absolute atomic E-state index is 0.498. The number of nitrogens with zero attached hydrogens (tertiary/aromatic N) is 3. The number of thiazole rings is 1. The van der Waals surface area contributed by atoms with Gasteiger partial charge < -0.3 is 4.90 Å². The van der Waals surface area contributed by atoms with E-state index in [0.29, 0.717) is 6.42 Å². The molecule has 0 aliphatic carbocycles. The molecule has 2 heterocycles. The number of piperidine rings is 1. The molecule has 0 aromatic carbocycles. The number of rotatable bonds is 4. The van der Waals surface area contributed by atoms with Crippen LogP contribution in [0.15, 0.2) is 6.20 Å².